The van der Waals surface area contributed by atoms with Gasteiger partial charge in [-0.05, 0) is 31.2 Å². The number of carbonyl (C=O) groups excluding carboxylic acids is 2. The average molecular weight is 366 g/mol. The van der Waals surface area contributed by atoms with Gasteiger partial charge in [0.2, 0.25) is 0 Å². The minimum atomic E-state index is -0.221. The maximum absolute atomic E-state index is 12.8. The summed E-state index contributed by atoms with van der Waals surface area (Å²) in [6.07, 6.45) is 1.35. The van der Waals surface area contributed by atoms with E-state index < -0.39 is 0 Å². The van der Waals surface area contributed by atoms with Crippen molar-refractivity contribution in [3.63, 3.8) is 0 Å². The van der Waals surface area contributed by atoms with Crippen LogP contribution in [-0.2, 0) is 4.74 Å². The van der Waals surface area contributed by atoms with Crippen LogP contribution in [0.15, 0.2) is 11.4 Å². The molecule has 2 aliphatic heterocycles. The molecule has 0 N–H and O–H groups in total. The molecule has 0 bridgehead atoms. The summed E-state index contributed by atoms with van der Waals surface area (Å²) in [5.74, 6) is 0.694. The van der Waals surface area contributed by atoms with Gasteiger partial charge in [-0.25, -0.2) is 4.79 Å². The zero-order valence-electron chi connectivity index (χ0n) is 15.1. The Kier molecular flexibility index (Phi) is 5.22. The van der Waals surface area contributed by atoms with Crippen molar-refractivity contribution in [1.29, 1.82) is 0 Å². The van der Waals surface area contributed by atoms with Gasteiger partial charge in [-0.3, -0.25) is 4.79 Å². The first-order valence-electron chi connectivity index (χ1n) is 8.84. The summed E-state index contributed by atoms with van der Waals surface area (Å²) in [4.78, 5) is 29.2. The Balaban J connectivity index is 1.60. The molecule has 2 amide bonds. The van der Waals surface area contributed by atoms with Crippen molar-refractivity contribution in [2.24, 2.45) is 5.41 Å². The molecule has 138 valence electrons. The molecule has 0 aromatic carbocycles. The van der Waals surface area contributed by atoms with Crippen LogP contribution >= 0.6 is 11.3 Å². The van der Waals surface area contributed by atoms with E-state index in [9.17, 15) is 9.59 Å². The number of cyclic esters (lactones) is 1. The number of carbonyl (C=O) groups is 2. The number of ether oxygens (including phenoxy) is 2. The van der Waals surface area contributed by atoms with Gasteiger partial charge in [-0.15, -0.1) is 11.3 Å². The smallest absolute Gasteiger partial charge is 0.410 e. The molecule has 6 nitrogen and oxygen atoms in total. The highest BCUT2D eigenvalue weighted by atomic mass is 32.1. The topological polar surface area (TPSA) is 59.1 Å². The van der Waals surface area contributed by atoms with Crippen molar-refractivity contribution in [3.05, 3.63) is 16.3 Å². The van der Waals surface area contributed by atoms with E-state index in [0.717, 1.165) is 12.8 Å². The number of amides is 2. The van der Waals surface area contributed by atoms with Crippen LogP contribution in [0.2, 0.25) is 0 Å². The van der Waals surface area contributed by atoms with Gasteiger partial charge >= 0.3 is 6.09 Å². The lowest BCUT2D eigenvalue weighted by Crippen LogP contribution is -2.55. The predicted molar refractivity (Wildman–Crippen MR) is 96.2 cm³/mol. The van der Waals surface area contributed by atoms with Crippen LogP contribution < -0.4 is 4.74 Å². The number of rotatable bonds is 4. The summed E-state index contributed by atoms with van der Waals surface area (Å²) in [5, 5.41) is 1.89. The van der Waals surface area contributed by atoms with Gasteiger partial charge in [-0.1, -0.05) is 13.8 Å². The van der Waals surface area contributed by atoms with Crippen molar-refractivity contribution >= 4 is 23.3 Å². The fourth-order valence-corrected chi connectivity index (χ4v) is 4.24. The van der Waals surface area contributed by atoms with Crippen LogP contribution in [0, 0.1) is 5.41 Å². The molecule has 0 unspecified atom stereocenters. The molecule has 25 heavy (non-hydrogen) atoms. The second-order valence-electron chi connectivity index (χ2n) is 7.42. The summed E-state index contributed by atoms with van der Waals surface area (Å²) in [7, 11) is 0. The first-order valence-corrected chi connectivity index (χ1v) is 9.72. The van der Waals surface area contributed by atoms with Crippen LogP contribution in [0.1, 0.15) is 43.3 Å². The maximum Gasteiger partial charge on any atom is 0.410 e. The molecule has 2 saturated heterocycles. The molecule has 1 aromatic rings. The lowest BCUT2D eigenvalue weighted by molar-refractivity contribution is -0.0153. The second-order valence-corrected chi connectivity index (χ2v) is 8.33. The Labute approximate surface area is 152 Å². The van der Waals surface area contributed by atoms with Gasteiger partial charge < -0.3 is 19.3 Å². The van der Waals surface area contributed by atoms with Gasteiger partial charge in [0, 0.05) is 31.1 Å². The largest absolute Gasteiger partial charge is 0.492 e. The van der Waals surface area contributed by atoms with Crippen molar-refractivity contribution in [3.8, 4) is 5.75 Å². The highest BCUT2D eigenvalue weighted by Gasteiger charge is 2.38. The highest BCUT2D eigenvalue weighted by Crippen LogP contribution is 2.30. The summed E-state index contributed by atoms with van der Waals surface area (Å²) in [6.45, 7) is 9.16. The molecule has 0 aliphatic carbocycles. The van der Waals surface area contributed by atoms with Gasteiger partial charge in [-0.2, -0.15) is 0 Å². The molecule has 3 rings (SSSR count). The first-order chi connectivity index (χ1) is 11.9. The van der Waals surface area contributed by atoms with E-state index in [1.807, 2.05) is 28.2 Å². The fraction of sp³-hybridized carbons (Fsp3) is 0.667. The van der Waals surface area contributed by atoms with E-state index in [0.29, 0.717) is 43.5 Å². The van der Waals surface area contributed by atoms with E-state index in [2.05, 4.69) is 13.8 Å². The Morgan fingerprint density at radius 2 is 2.12 bits per heavy atom. The number of nitrogens with zero attached hydrogens (tertiary/aromatic N) is 2. The summed E-state index contributed by atoms with van der Waals surface area (Å²) in [6, 6.07) is 1.99. The number of piperidine rings is 1. The van der Waals surface area contributed by atoms with Crippen molar-refractivity contribution < 1.29 is 19.1 Å². The Morgan fingerprint density at radius 3 is 2.80 bits per heavy atom. The Hall–Kier alpha value is -1.76. The molecule has 2 aliphatic rings. The summed E-state index contributed by atoms with van der Waals surface area (Å²) < 4.78 is 10.9. The lowest BCUT2D eigenvalue weighted by Gasteiger charge is -2.44. The number of likely N-dealkylation sites (tertiary alicyclic amines) is 1. The number of hydrogen-bond acceptors (Lipinski definition) is 5. The number of thiophene rings is 1. The molecule has 1 aromatic heterocycles. The monoisotopic (exact) mass is 366 g/mol. The van der Waals surface area contributed by atoms with Crippen LogP contribution in [0.5, 0.6) is 5.75 Å². The van der Waals surface area contributed by atoms with Crippen LogP contribution in [0.3, 0.4) is 0 Å². The van der Waals surface area contributed by atoms with Crippen molar-refractivity contribution in [1.82, 2.24) is 9.80 Å². The van der Waals surface area contributed by atoms with Crippen molar-refractivity contribution in [2.75, 3.05) is 32.8 Å². The van der Waals surface area contributed by atoms with E-state index >= 15 is 0 Å². The SMILES string of the molecule is CCOc1ccsc1C(=O)N1CCC(N2CC(C)(C)COC2=O)CC1. The van der Waals surface area contributed by atoms with E-state index in [4.69, 9.17) is 9.47 Å². The van der Waals surface area contributed by atoms with E-state index in [-0.39, 0.29) is 23.5 Å². The third-order valence-corrected chi connectivity index (χ3v) is 5.62. The molecular formula is C18H26N2O4S. The molecule has 3 heterocycles. The molecule has 0 radical (unpaired) electrons. The number of hydrogen-bond donors (Lipinski definition) is 0. The molecule has 0 atom stereocenters. The lowest BCUT2D eigenvalue weighted by atomic mass is 9.91. The second kappa shape index (κ2) is 7.23. The Morgan fingerprint density at radius 1 is 1.40 bits per heavy atom. The molecule has 0 saturated carbocycles. The quantitative estimate of drug-likeness (QED) is 0.821. The standard InChI is InChI=1S/C18H26N2O4S/c1-4-23-14-7-10-25-15(14)16(21)19-8-5-13(6-9-19)20-11-18(2,3)12-24-17(20)22/h7,10,13H,4-6,8-9,11-12H2,1-3H3. The van der Waals surface area contributed by atoms with Gasteiger partial charge in [0.05, 0.1) is 13.2 Å². The van der Waals surface area contributed by atoms with Crippen LogP contribution in [0.4, 0.5) is 4.79 Å². The molecular weight excluding hydrogens is 340 g/mol. The molecule has 7 heteroatoms. The third kappa shape index (κ3) is 3.92. The van der Waals surface area contributed by atoms with E-state index in [1.165, 1.54) is 11.3 Å². The zero-order valence-corrected chi connectivity index (χ0v) is 15.9. The van der Waals surface area contributed by atoms with Gasteiger partial charge in [0.15, 0.2) is 0 Å². The van der Waals surface area contributed by atoms with Crippen LogP contribution in [-0.4, -0.2) is 60.7 Å². The highest BCUT2D eigenvalue weighted by molar-refractivity contribution is 7.12. The van der Waals surface area contributed by atoms with Crippen LogP contribution in [0.25, 0.3) is 0 Å². The molecule has 2 fully saturated rings. The summed E-state index contributed by atoms with van der Waals surface area (Å²) >= 11 is 1.42. The molecule has 0 spiro atoms. The minimum Gasteiger partial charge on any atom is -0.492 e. The summed E-state index contributed by atoms with van der Waals surface area (Å²) in [5.41, 5.74) is -0.0236. The van der Waals surface area contributed by atoms with E-state index in [1.54, 1.807) is 0 Å². The Bertz CT molecular complexity index is 635. The third-order valence-electron chi connectivity index (χ3n) is 4.73. The average Bonchev–Trinajstić information content (AvgIpc) is 3.05. The van der Waals surface area contributed by atoms with Crippen molar-refractivity contribution in [2.45, 2.75) is 39.7 Å². The fourth-order valence-electron chi connectivity index (χ4n) is 3.44. The zero-order chi connectivity index (χ0) is 18.0. The maximum atomic E-state index is 12.8. The minimum absolute atomic E-state index is 0.0236. The normalized spacial score (nSPS) is 21.2. The van der Waals surface area contributed by atoms with Gasteiger partial charge in [0.1, 0.15) is 10.6 Å². The van der Waals surface area contributed by atoms with Gasteiger partial charge in [0.25, 0.3) is 5.91 Å². The first kappa shape index (κ1) is 18.0. The predicted octanol–water partition coefficient (Wildman–Crippen LogP) is 3.23.